The Balaban J connectivity index is 1.49. The first-order valence-corrected chi connectivity index (χ1v) is 9.86. The summed E-state index contributed by atoms with van der Waals surface area (Å²) < 4.78 is 0. The maximum Gasteiger partial charge on any atom is 0.204 e. The summed E-state index contributed by atoms with van der Waals surface area (Å²) >= 11 is 1.63. The van der Waals surface area contributed by atoms with Gasteiger partial charge >= 0.3 is 0 Å². The molecule has 0 aliphatic carbocycles. The van der Waals surface area contributed by atoms with E-state index < -0.39 is 0 Å². The Morgan fingerprint density at radius 3 is 2.37 bits per heavy atom. The molecule has 0 unspecified atom stereocenters. The van der Waals surface area contributed by atoms with Crippen molar-refractivity contribution in [1.82, 2.24) is 25.2 Å². The summed E-state index contributed by atoms with van der Waals surface area (Å²) in [6.07, 6.45) is 0. The van der Waals surface area contributed by atoms with Crippen molar-refractivity contribution in [2.45, 2.75) is 33.2 Å². The van der Waals surface area contributed by atoms with Crippen LogP contribution in [0, 0.1) is 6.92 Å². The fraction of sp³-hybridized carbons (Fsp3) is 0.238. The third kappa shape index (κ3) is 3.95. The third-order valence-corrected chi connectivity index (χ3v) is 5.38. The van der Waals surface area contributed by atoms with Gasteiger partial charge in [0.2, 0.25) is 5.82 Å². The molecule has 0 radical (unpaired) electrons. The van der Waals surface area contributed by atoms with E-state index in [1.54, 1.807) is 16.1 Å². The van der Waals surface area contributed by atoms with Crippen LogP contribution in [0.3, 0.4) is 0 Å². The van der Waals surface area contributed by atoms with Crippen molar-refractivity contribution in [3.8, 4) is 22.0 Å². The van der Waals surface area contributed by atoms with Crippen LogP contribution in [0.2, 0.25) is 0 Å². The molecule has 0 saturated heterocycles. The molecule has 2 aromatic heterocycles. The van der Waals surface area contributed by atoms with Crippen LogP contribution in [-0.4, -0.2) is 25.2 Å². The number of rotatable bonds is 5. The molecule has 0 aliphatic heterocycles. The van der Waals surface area contributed by atoms with Crippen molar-refractivity contribution >= 4 is 11.3 Å². The van der Waals surface area contributed by atoms with Crippen LogP contribution in [0.25, 0.3) is 22.0 Å². The van der Waals surface area contributed by atoms with Gasteiger partial charge in [0.15, 0.2) is 0 Å². The fourth-order valence-corrected chi connectivity index (χ4v) is 3.61. The van der Waals surface area contributed by atoms with Gasteiger partial charge in [0.05, 0.1) is 5.69 Å². The monoisotopic (exact) mass is 375 g/mol. The number of aryl methyl sites for hydroxylation is 1. The van der Waals surface area contributed by atoms with E-state index in [0.717, 1.165) is 21.8 Å². The average Bonchev–Trinajstić information content (AvgIpc) is 3.33. The first-order valence-electron chi connectivity index (χ1n) is 8.98. The van der Waals surface area contributed by atoms with E-state index in [0.29, 0.717) is 18.3 Å². The average molecular weight is 376 g/mol. The molecule has 4 aromatic rings. The van der Waals surface area contributed by atoms with Crippen LogP contribution in [0.15, 0.2) is 53.9 Å². The van der Waals surface area contributed by atoms with Gasteiger partial charge in [-0.3, -0.25) is 0 Å². The minimum Gasteiger partial charge on any atom is -0.239 e. The summed E-state index contributed by atoms with van der Waals surface area (Å²) in [4.78, 5) is 6.31. The van der Waals surface area contributed by atoms with Crippen molar-refractivity contribution in [1.29, 1.82) is 0 Å². The fourth-order valence-electron chi connectivity index (χ4n) is 2.80. The van der Waals surface area contributed by atoms with E-state index in [2.05, 4.69) is 90.1 Å². The highest BCUT2D eigenvalue weighted by Gasteiger charge is 2.10. The first-order chi connectivity index (χ1) is 13.1. The largest absolute Gasteiger partial charge is 0.239 e. The summed E-state index contributed by atoms with van der Waals surface area (Å²) in [7, 11) is 0. The molecule has 0 spiro atoms. The van der Waals surface area contributed by atoms with Crippen molar-refractivity contribution in [3.05, 3.63) is 70.7 Å². The van der Waals surface area contributed by atoms with Gasteiger partial charge in [0.25, 0.3) is 0 Å². The van der Waals surface area contributed by atoms with Gasteiger partial charge in [-0.2, -0.15) is 4.80 Å². The lowest BCUT2D eigenvalue weighted by Crippen LogP contribution is -2.04. The molecule has 0 atom stereocenters. The zero-order valence-electron chi connectivity index (χ0n) is 15.6. The predicted molar refractivity (Wildman–Crippen MR) is 109 cm³/mol. The zero-order valence-corrected chi connectivity index (χ0v) is 16.4. The molecule has 0 amide bonds. The van der Waals surface area contributed by atoms with Crippen LogP contribution in [0.4, 0.5) is 0 Å². The van der Waals surface area contributed by atoms with Crippen LogP contribution in [0.1, 0.15) is 36.6 Å². The van der Waals surface area contributed by atoms with Crippen molar-refractivity contribution in [2.24, 2.45) is 0 Å². The Bertz CT molecular complexity index is 1030. The normalized spacial score (nSPS) is 11.3. The van der Waals surface area contributed by atoms with Gasteiger partial charge in [-0.05, 0) is 23.6 Å². The summed E-state index contributed by atoms with van der Waals surface area (Å²) in [6, 6.07) is 16.8. The topological polar surface area (TPSA) is 56.5 Å². The second-order valence-corrected chi connectivity index (χ2v) is 7.79. The van der Waals surface area contributed by atoms with Gasteiger partial charge in [-0.1, -0.05) is 67.9 Å². The minimum absolute atomic E-state index is 0.509. The highest BCUT2D eigenvalue weighted by molar-refractivity contribution is 7.13. The zero-order chi connectivity index (χ0) is 18.8. The summed E-state index contributed by atoms with van der Waals surface area (Å²) in [6.45, 7) is 6.96. The summed E-state index contributed by atoms with van der Waals surface area (Å²) in [5, 5.41) is 15.9. The molecule has 4 rings (SSSR count). The van der Waals surface area contributed by atoms with Gasteiger partial charge in [0.1, 0.15) is 11.6 Å². The maximum atomic E-state index is 4.71. The number of benzene rings is 2. The number of thiazole rings is 1. The lowest BCUT2D eigenvalue weighted by atomic mass is 10.0. The number of aromatic nitrogens is 5. The molecule has 5 nitrogen and oxygen atoms in total. The second-order valence-electron chi connectivity index (χ2n) is 6.93. The Morgan fingerprint density at radius 1 is 0.963 bits per heavy atom. The van der Waals surface area contributed by atoms with Gasteiger partial charge in [0, 0.05) is 16.5 Å². The van der Waals surface area contributed by atoms with Gasteiger partial charge < -0.3 is 0 Å². The molecule has 0 bridgehead atoms. The quantitative estimate of drug-likeness (QED) is 0.495. The second kappa shape index (κ2) is 7.40. The van der Waals surface area contributed by atoms with Crippen LogP contribution >= 0.6 is 11.3 Å². The summed E-state index contributed by atoms with van der Waals surface area (Å²) in [5.41, 5.74) is 5.60. The standard InChI is InChI=1S/C21H21N5S/c1-14(2)16-8-10-17(11-9-16)20-23-25-26(24-20)12-19-13-27-21(22-19)18-6-4-15(3)5-7-18/h4-11,13-14H,12H2,1-3H3. The molecule has 0 N–H and O–H groups in total. The Kier molecular flexibility index (Phi) is 4.81. The van der Waals surface area contributed by atoms with E-state index in [1.165, 1.54) is 11.1 Å². The molecular formula is C21H21N5S. The molecule has 2 heterocycles. The molecule has 27 heavy (non-hydrogen) atoms. The van der Waals surface area contributed by atoms with E-state index >= 15 is 0 Å². The van der Waals surface area contributed by atoms with Crippen LogP contribution in [-0.2, 0) is 6.54 Å². The van der Waals surface area contributed by atoms with Crippen LogP contribution in [0.5, 0.6) is 0 Å². The van der Waals surface area contributed by atoms with Crippen molar-refractivity contribution in [3.63, 3.8) is 0 Å². The molecule has 0 fully saturated rings. The van der Waals surface area contributed by atoms with E-state index in [9.17, 15) is 0 Å². The summed E-state index contributed by atoms with van der Waals surface area (Å²) in [5.74, 6) is 1.15. The predicted octanol–water partition coefficient (Wildman–Crippen LogP) is 4.94. The number of nitrogens with zero attached hydrogens (tertiary/aromatic N) is 5. The van der Waals surface area contributed by atoms with E-state index in [1.807, 2.05) is 0 Å². The third-order valence-electron chi connectivity index (χ3n) is 4.44. The van der Waals surface area contributed by atoms with E-state index in [-0.39, 0.29) is 0 Å². The Morgan fingerprint density at radius 2 is 1.67 bits per heavy atom. The minimum atomic E-state index is 0.509. The smallest absolute Gasteiger partial charge is 0.204 e. The molecule has 136 valence electrons. The molecule has 0 aliphatic rings. The Labute approximate surface area is 162 Å². The molecule has 0 saturated carbocycles. The van der Waals surface area contributed by atoms with Gasteiger partial charge in [-0.15, -0.1) is 21.5 Å². The highest BCUT2D eigenvalue weighted by atomic mass is 32.1. The lowest BCUT2D eigenvalue weighted by Gasteiger charge is -2.04. The van der Waals surface area contributed by atoms with Crippen molar-refractivity contribution in [2.75, 3.05) is 0 Å². The molecule has 6 heteroatoms. The van der Waals surface area contributed by atoms with Crippen molar-refractivity contribution < 1.29 is 0 Å². The molecular weight excluding hydrogens is 354 g/mol. The molecule has 2 aromatic carbocycles. The maximum absolute atomic E-state index is 4.71. The van der Waals surface area contributed by atoms with Crippen LogP contribution < -0.4 is 0 Å². The lowest BCUT2D eigenvalue weighted by molar-refractivity contribution is 0.566. The highest BCUT2D eigenvalue weighted by Crippen LogP contribution is 2.24. The first kappa shape index (κ1) is 17.5. The SMILES string of the molecule is Cc1ccc(-c2nc(Cn3nnc(-c4ccc(C(C)C)cc4)n3)cs2)cc1. The number of hydrogen-bond donors (Lipinski definition) is 0. The Hall–Kier alpha value is -2.86. The number of hydrogen-bond acceptors (Lipinski definition) is 5. The van der Waals surface area contributed by atoms with Gasteiger partial charge in [-0.25, -0.2) is 4.98 Å². The van der Waals surface area contributed by atoms with E-state index in [4.69, 9.17) is 4.98 Å². The number of tetrazole rings is 1.